The smallest absolute Gasteiger partial charge is 0.217 e. The molecule has 1 rings (SSSR count). The summed E-state index contributed by atoms with van der Waals surface area (Å²) >= 11 is 5.48. The van der Waals surface area contributed by atoms with Gasteiger partial charge in [0.1, 0.15) is 24.4 Å². The highest BCUT2D eigenvalue weighted by Crippen LogP contribution is 2.22. The van der Waals surface area contributed by atoms with Gasteiger partial charge in [0.2, 0.25) is 5.91 Å². The Balaban J connectivity index is 2.76. The van der Waals surface area contributed by atoms with E-state index in [0.717, 1.165) is 0 Å². The van der Waals surface area contributed by atoms with Crippen molar-refractivity contribution in [3.8, 4) is 0 Å². The van der Waals surface area contributed by atoms with Crippen molar-refractivity contribution in [2.24, 2.45) is 0 Å². The van der Waals surface area contributed by atoms with Gasteiger partial charge in [-0.3, -0.25) is 4.79 Å². The van der Waals surface area contributed by atoms with E-state index in [0.29, 0.717) is 0 Å². The SMILES string of the molecule is CC(=O)N[C@@H]1[C@H](OCCCl)O[C@H](CO)[C@H](O)[C@@H]1O. The van der Waals surface area contributed by atoms with E-state index in [1.54, 1.807) is 0 Å². The first kappa shape index (κ1) is 15.6. The van der Waals surface area contributed by atoms with Gasteiger partial charge in [-0.05, 0) is 0 Å². The topological polar surface area (TPSA) is 108 Å². The van der Waals surface area contributed by atoms with Crippen LogP contribution >= 0.6 is 11.6 Å². The summed E-state index contributed by atoms with van der Waals surface area (Å²) in [7, 11) is 0. The van der Waals surface area contributed by atoms with Crippen molar-refractivity contribution < 1.29 is 29.6 Å². The number of rotatable bonds is 5. The maximum Gasteiger partial charge on any atom is 0.217 e. The van der Waals surface area contributed by atoms with Crippen LogP contribution in [0.4, 0.5) is 0 Å². The number of carbonyl (C=O) groups excluding carboxylic acids is 1. The zero-order valence-electron chi connectivity index (χ0n) is 9.95. The van der Waals surface area contributed by atoms with Crippen LogP contribution in [-0.2, 0) is 14.3 Å². The maximum absolute atomic E-state index is 11.0. The largest absolute Gasteiger partial charge is 0.394 e. The second kappa shape index (κ2) is 7.22. The molecule has 106 valence electrons. The first-order valence-electron chi connectivity index (χ1n) is 5.58. The van der Waals surface area contributed by atoms with Gasteiger partial charge in [0.05, 0.1) is 13.2 Å². The summed E-state index contributed by atoms with van der Waals surface area (Å²) in [6.07, 6.45) is -4.53. The van der Waals surface area contributed by atoms with Crippen molar-refractivity contribution in [1.82, 2.24) is 5.32 Å². The monoisotopic (exact) mass is 283 g/mol. The molecule has 0 bridgehead atoms. The second-order valence-corrected chi connectivity index (χ2v) is 4.37. The number of hydrogen-bond donors (Lipinski definition) is 4. The molecule has 1 heterocycles. The number of aliphatic hydroxyl groups excluding tert-OH is 3. The average Bonchev–Trinajstić information content (AvgIpc) is 2.33. The predicted octanol–water partition coefficient (Wildman–Crippen LogP) is -1.81. The van der Waals surface area contributed by atoms with Gasteiger partial charge in [-0.15, -0.1) is 11.6 Å². The van der Waals surface area contributed by atoms with Crippen LogP contribution < -0.4 is 5.32 Å². The summed E-state index contributed by atoms with van der Waals surface area (Å²) in [5.74, 6) is -0.175. The standard InChI is InChI=1S/C10H18ClNO6/c1-5(14)12-7-9(16)8(15)6(4-13)18-10(7)17-3-2-11/h6-10,13,15-16H,2-4H2,1H3,(H,12,14)/t6-,7+,8+,9-,10-/m1/s1. The molecule has 0 aromatic rings. The first-order valence-corrected chi connectivity index (χ1v) is 6.11. The molecule has 1 amide bonds. The minimum absolute atomic E-state index is 0.156. The molecular weight excluding hydrogens is 266 g/mol. The van der Waals surface area contributed by atoms with Crippen LogP contribution in [0.2, 0.25) is 0 Å². The Morgan fingerprint density at radius 1 is 1.44 bits per heavy atom. The van der Waals surface area contributed by atoms with Crippen molar-refractivity contribution in [1.29, 1.82) is 0 Å². The summed E-state index contributed by atoms with van der Waals surface area (Å²) in [6.45, 7) is 0.963. The lowest BCUT2D eigenvalue weighted by Gasteiger charge is -2.42. The van der Waals surface area contributed by atoms with E-state index in [1.165, 1.54) is 6.92 Å². The summed E-state index contributed by atoms with van der Waals surface area (Å²) in [5.41, 5.74) is 0. The number of halogens is 1. The quantitative estimate of drug-likeness (QED) is 0.443. The van der Waals surface area contributed by atoms with Gasteiger partial charge >= 0.3 is 0 Å². The summed E-state index contributed by atoms with van der Waals surface area (Å²) in [5, 5.41) is 31.1. The first-order chi connectivity index (χ1) is 8.51. The number of hydrogen-bond acceptors (Lipinski definition) is 6. The van der Waals surface area contributed by atoms with E-state index in [-0.39, 0.29) is 12.5 Å². The van der Waals surface area contributed by atoms with Crippen LogP contribution in [-0.4, -0.2) is 71.0 Å². The number of alkyl halides is 1. The normalized spacial score (nSPS) is 36.4. The maximum atomic E-state index is 11.0. The molecule has 1 saturated heterocycles. The van der Waals surface area contributed by atoms with E-state index in [9.17, 15) is 15.0 Å². The molecule has 0 saturated carbocycles. The van der Waals surface area contributed by atoms with Gasteiger partial charge in [0.15, 0.2) is 6.29 Å². The molecule has 18 heavy (non-hydrogen) atoms. The molecule has 4 N–H and O–H groups in total. The van der Waals surface area contributed by atoms with Crippen molar-refractivity contribution in [3.63, 3.8) is 0 Å². The van der Waals surface area contributed by atoms with Crippen LogP contribution in [0.3, 0.4) is 0 Å². The predicted molar refractivity (Wildman–Crippen MR) is 62.0 cm³/mol. The Morgan fingerprint density at radius 3 is 2.61 bits per heavy atom. The molecule has 0 aliphatic carbocycles. The van der Waals surface area contributed by atoms with Crippen molar-refractivity contribution in [2.45, 2.75) is 37.6 Å². The minimum Gasteiger partial charge on any atom is -0.394 e. The third kappa shape index (κ3) is 3.78. The summed E-state index contributed by atoms with van der Waals surface area (Å²) < 4.78 is 10.5. The van der Waals surface area contributed by atoms with Crippen LogP contribution in [0.25, 0.3) is 0 Å². The lowest BCUT2D eigenvalue weighted by atomic mass is 9.97. The molecule has 1 fully saturated rings. The molecule has 0 aromatic carbocycles. The van der Waals surface area contributed by atoms with Gasteiger partial charge in [-0.25, -0.2) is 0 Å². The Labute approximate surface area is 110 Å². The average molecular weight is 284 g/mol. The fraction of sp³-hybridized carbons (Fsp3) is 0.900. The van der Waals surface area contributed by atoms with Gasteiger partial charge in [0.25, 0.3) is 0 Å². The van der Waals surface area contributed by atoms with E-state index in [4.69, 9.17) is 26.2 Å². The van der Waals surface area contributed by atoms with Crippen LogP contribution in [0, 0.1) is 0 Å². The van der Waals surface area contributed by atoms with Gasteiger partial charge in [-0.2, -0.15) is 0 Å². The van der Waals surface area contributed by atoms with E-state index in [1.807, 2.05) is 0 Å². The van der Waals surface area contributed by atoms with Crippen molar-refractivity contribution >= 4 is 17.5 Å². The fourth-order valence-electron chi connectivity index (χ4n) is 1.77. The minimum atomic E-state index is -1.30. The van der Waals surface area contributed by atoms with Gasteiger partial charge in [-0.1, -0.05) is 0 Å². The highest BCUT2D eigenvalue weighted by atomic mass is 35.5. The lowest BCUT2D eigenvalue weighted by Crippen LogP contribution is -2.64. The number of carbonyl (C=O) groups is 1. The number of ether oxygens (including phenoxy) is 2. The molecule has 0 spiro atoms. The van der Waals surface area contributed by atoms with Gasteiger partial charge in [0, 0.05) is 12.8 Å². The third-order valence-electron chi connectivity index (χ3n) is 2.61. The molecule has 7 nitrogen and oxygen atoms in total. The molecule has 0 radical (unpaired) electrons. The third-order valence-corrected chi connectivity index (χ3v) is 2.76. The summed E-state index contributed by atoms with van der Waals surface area (Å²) in [4.78, 5) is 11.0. The highest BCUT2D eigenvalue weighted by Gasteiger charge is 2.45. The Kier molecular flexibility index (Phi) is 6.27. The molecule has 8 heteroatoms. The molecule has 5 atom stereocenters. The lowest BCUT2D eigenvalue weighted by molar-refractivity contribution is -0.268. The Bertz CT molecular complexity index is 279. The van der Waals surface area contributed by atoms with E-state index >= 15 is 0 Å². The Morgan fingerprint density at radius 2 is 2.11 bits per heavy atom. The van der Waals surface area contributed by atoms with Crippen molar-refractivity contribution in [3.05, 3.63) is 0 Å². The molecule has 1 aliphatic heterocycles. The van der Waals surface area contributed by atoms with Crippen LogP contribution in [0.15, 0.2) is 0 Å². The highest BCUT2D eigenvalue weighted by molar-refractivity contribution is 6.17. The van der Waals surface area contributed by atoms with E-state index in [2.05, 4.69) is 5.32 Å². The van der Waals surface area contributed by atoms with Gasteiger partial charge < -0.3 is 30.1 Å². The number of aliphatic hydroxyl groups is 3. The zero-order chi connectivity index (χ0) is 13.7. The van der Waals surface area contributed by atoms with Crippen molar-refractivity contribution in [2.75, 3.05) is 19.1 Å². The Hall–Kier alpha value is -0.440. The molecular formula is C10H18ClNO6. The zero-order valence-corrected chi connectivity index (χ0v) is 10.7. The number of nitrogens with one attached hydrogen (secondary N) is 1. The molecule has 0 aromatic heterocycles. The van der Waals surface area contributed by atoms with E-state index < -0.39 is 43.2 Å². The molecule has 0 unspecified atom stereocenters. The fourth-order valence-corrected chi connectivity index (χ4v) is 1.86. The van der Waals surface area contributed by atoms with Crippen LogP contribution in [0.5, 0.6) is 0 Å². The second-order valence-electron chi connectivity index (χ2n) is 3.99. The summed E-state index contributed by atoms with van der Waals surface area (Å²) in [6, 6.07) is -0.913. The molecule has 1 aliphatic rings. The number of amides is 1. The van der Waals surface area contributed by atoms with Crippen LogP contribution in [0.1, 0.15) is 6.92 Å².